The third-order valence-electron chi connectivity index (χ3n) is 3.47. The average molecular weight is 220 g/mol. The van der Waals surface area contributed by atoms with Crippen LogP contribution in [0.25, 0.3) is 21.5 Å². The van der Waals surface area contributed by atoms with Crippen molar-refractivity contribution in [2.45, 2.75) is 6.92 Å². The van der Waals surface area contributed by atoms with E-state index in [1.807, 2.05) is 0 Å². The molecule has 0 atom stereocenters. The molecule has 3 aromatic carbocycles. The Balaban J connectivity index is 2.67. The lowest BCUT2D eigenvalue weighted by Gasteiger charge is -2.11. The fraction of sp³-hybridized carbons (Fsp3) is 0.0667. The Hall–Kier alpha value is -1.29. The molecule has 0 aliphatic heterocycles. The molecule has 0 fully saturated rings. The molecule has 0 nitrogen and oxygen atoms in total. The minimum Gasteiger partial charge on any atom is -0.106 e. The van der Waals surface area contributed by atoms with Gasteiger partial charge in [0.25, 0.3) is 16.3 Å². The van der Waals surface area contributed by atoms with Gasteiger partial charge in [-0.2, -0.15) is 0 Å². The van der Waals surface area contributed by atoms with Crippen molar-refractivity contribution in [2.75, 3.05) is 0 Å². The van der Waals surface area contributed by atoms with Crippen LogP contribution >= 0.6 is 0 Å². The molecule has 0 heterocycles. The van der Waals surface area contributed by atoms with Crippen LogP contribution < -0.4 is 4.43 Å². The Kier molecular flexibility index (Phi) is 2.25. The predicted molar refractivity (Wildman–Crippen MR) is 74.4 cm³/mol. The molecule has 0 amide bonds. The van der Waals surface area contributed by atoms with Crippen LogP contribution in [0, 0.1) is 6.92 Å². The van der Waals surface area contributed by atoms with Gasteiger partial charge in [-0.15, -0.1) is 4.43 Å². The van der Waals surface area contributed by atoms with Gasteiger partial charge in [-0.1, -0.05) is 48.5 Å². The minimum atomic E-state index is 1.10. The first-order chi connectivity index (χ1) is 7.79. The Bertz CT molecular complexity index is 566. The number of hydrogen-bond acceptors (Lipinski definition) is 0. The molecule has 0 saturated carbocycles. The normalized spacial score (nSPS) is 11.1. The van der Waals surface area contributed by atoms with Crippen molar-refractivity contribution in [3.63, 3.8) is 0 Å². The van der Waals surface area contributed by atoms with Gasteiger partial charge in [0.05, 0.1) is 0 Å². The first-order valence-electron chi connectivity index (χ1n) is 5.65. The maximum absolute atomic E-state index is 2.25. The van der Waals surface area contributed by atoms with E-state index >= 15 is 0 Å². The zero-order valence-electron chi connectivity index (χ0n) is 9.62. The van der Waals surface area contributed by atoms with Crippen molar-refractivity contribution in [3.05, 3.63) is 54.1 Å². The van der Waals surface area contributed by atoms with E-state index in [0.29, 0.717) is 0 Å². The van der Waals surface area contributed by atoms with Crippen LogP contribution in [-0.4, -0.2) is 16.3 Å². The Labute approximate surface area is 103 Å². The molecule has 3 rings (SSSR count). The van der Waals surface area contributed by atoms with Gasteiger partial charge in [-0.05, 0) is 34.0 Å². The SMILES string of the molecule is Cc1c2ccccc2[c]([AlH2])c2ccccc12. The topological polar surface area (TPSA) is 0 Å². The quantitative estimate of drug-likeness (QED) is 0.403. The van der Waals surface area contributed by atoms with Crippen LogP contribution in [0.5, 0.6) is 0 Å². The van der Waals surface area contributed by atoms with Crippen LogP contribution in [0.3, 0.4) is 0 Å². The largest absolute Gasteiger partial charge is 0.260 e. The molecule has 16 heavy (non-hydrogen) atoms. The van der Waals surface area contributed by atoms with Crippen molar-refractivity contribution in [2.24, 2.45) is 0 Å². The zero-order valence-corrected chi connectivity index (χ0v) is 11.6. The predicted octanol–water partition coefficient (Wildman–Crippen LogP) is 2.56. The van der Waals surface area contributed by atoms with Gasteiger partial charge in [0.2, 0.25) is 0 Å². The summed E-state index contributed by atoms with van der Waals surface area (Å²) < 4.78 is 1.52. The summed E-state index contributed by atoms with van der Waals surface area (Å²) in [6, 6.07) is 17.5. The van der Waals surface area contributed by atoms with E-state index in [9.17, 15) is 0 Å². The lowest BCUT2D eigenvalue weighted by atomic mass is 9.98. The van der Waals surface area contributed by atoms with Gasteiger partial charge < -0.3 is 0 Å². The highest BCUT2D eigenvalue weighted by atomic mass is 27.0. The van der Waals surface area contributed by atoms with Crippen molar-refractivity contribution >= 4 is 42.3 Å². The third-order valence-corrected chi connectivity index (χ3v) is 4.55. The summed E-state index contributed by atoms with van der Waals surface area (Å²) in [4.78, 5) is 0. The standard InChI is InChI=1S/C15H11.Al.2H/c1-11-14-8-4-2-6-12(14)10-13-7-3-5-9-15(11)13;;;/h2-9H,1H3;;;. The van der Waals surface area contributed by atoms with Crippen molar-refractivity contribution < 1.29 is 0 Å². The lowest BCUT2D eigenvalue weighted by Crippen LogP contribution is -2.07. The summed E-state index contributed by atoms with van der Waals surface area (Å²) >= 11 is 1.10. The zero-order chi connectivity index (χ0) is 11.1. The maximum Gasteiger partial charge on any atom is 0.260 e. The molecule has 0 radical (unpaired) electrons. The number of aryl methyl sites for hydroxylation is 1. The van der Waals surface area contributed by atoms with Crippen molar-refractivity contribution in [3.8, 4) is 0 Å². The third kappa shape index (κ3) is 1.29. The summed E-state index contributed by atoms with van der Waals surface area (Å²) in [5.74, 6) is 0. The minimum absolute atomic E-state index is 1.10. The summed E-state index contributed by atoms with van der Waals surface area (Å²) in [5.41, 5.74) is 1.41. The van der Waals surface area contributed by atoms with Crippen LogP contribution in [0.4, 0.5) is 0 Å². The van der Waals surface area contributed by atoms with Crippen LogP contribution in [0.2, 0.25) is 0 Å². The van der Waals surface area contributed by atoms with E-state index in [2.05, 4.69) is 55.5 Å². The second-order valence-electron chi connectivity index (χ2n) is 4.34. The molecular weight excluding hydrogens is 207 g/mol. The summed E-state index contributed by atoms with van der Waals surface area (Å²) in [7, 11) is 0. The summed E-state index contributed by atoms with van der Waals surface area (Å²) in [5, 5.41) is 5.69. The molecule has 0 spiro atoms. The first kappa shape index (κ1) is 9.90. The number of benzene rings is 3. The van der Waals surface area contributed by atoms with E-state index in [4.69, 9.17) is 0 Å². The second-order valence-corrected chi connectivity index (χ2v) is 5.34. The average Bonchev–Trinajstić information content (AvgIpc) is 2.36. The molecule has 0 aliphatic carbocycles. The second kappa shape index (κ2) is 3.63. The van der Waals surface area contributed by atoms with E-state index in [1.54, 1.807) is 0 Å². The van der Waals surface area contributed by atoms with Crippen LogP contribution in [-0.2, 0) is 0 Å². The fourth-order valence-electron chi connectivity index (χ4n) is 2.56. The monoisotopic (exact) mass is 220 g/mol. The van der Waals surface area contributed by atoms with Gasteiger partial charge in [0, 0.05) is 0 Å². The highest BCUT2D eigenvalue weighted by molar-refractivity contribution is 6.45. The molecular formula is C15H13Al. The van der Waals surface area contributed by atoms with Gasteiger partial charge in [0.1, 0.15) is 0 Å². The summed E-state index contributed by atoms with van der Waals surface area (Å²) in [6.45, 7) is 2.23. The van der Waals surface area contributed by atoms with Crippen LogP contribution in [0.15, 0.2) is 48.5 Å². The van der Waals surface area contributed by atoms with Crippen molar-refractivity contribution in [1.29, 1.82) is 0 Å². The van der Waals surface area contributed by atoms with E-state index < -0.39 is 0 Å². The summed E-state index contributed by atoms with van der Waals surface area (Å²) in [6.07, 6.45) is 0. The van der Waals surface area contributed by atoms with Gasteiger partial charge in [0.15, 0.2) is 0 Å². The molecule has 0 saturated heterocycles. The molecule has 76 valence electrons. The number of rotatable bonds is 0. The van der Waals surface area contributed by atoms with E-state index in [-0.39, 0.29) is 0 Å². The Morgan fingerprint density at radius 2 is 1.06 bits per heavy atom. The molecule has 0 unspecified atom stereocenters. The van der Waals surface area contributed by atoms with Gasteiger partial charge in [-0.25, -0.2) is 0 Å². The first-order valence-corrected chi connectivity index (χ1v) is 6.65. The smallest absolute Gasteiger partial charge is 0.106 e. The molecule has 0 N–H and O–H groups in total. The Morgan fingerprint density at radius 3 is 1.50 bits per heavy atom. The molecule has 0 aromatic heterocycles. The van der Waals surface area contributed by atoms with Crippen molar-refractivity contribution in [1.82, 2.24) is 0 Å². The number of hydrogen-bond donors (Lipinski definition) is 0. The maximum atomic E-state index is 2.25. The van der Waals surface area contributed by atoms with Crippen LogP contribution in [0.1, 0.15) is 5.56 Å². The molecule has 1 heteroatoms. The highest BCUT2D eigenvalue weighted by Crippen LogP contribution is 2.25. The van der Waals surface area contributed by atoms with E-state index in [0.717, 1.165) is 16.3 Å². The molecule has 3 aromatic rings. The highest BCUT2D eigenvalue weighted by Gasteiger charge is 2.06. The fourth-order valence-corrected chi connectivity index (χ4v) is 3.44. The molecule has 0 aliphatic rings. The molecule has 0 bridgehead atoms. The Morgan fingerprint density at radius 1 is 0.688 bits per heavy atom. The number of fused-ring (bicyclic) bond motifs is 2. The van der Waals surface area contributed by atoms with Gasteiger partial charge >= 0.3 is 0 Å². The van der Waals surface area contributed by atoms with Gasteiger partial charge in [-0.3, -0.25) is 0 Å². The lowest BCUT2D eigenvalue weighted by molar-refractivity contribution is 1.59. The van der Waals surface area contributed by atoms with E-state index in [1.165, 1.54) is 31.5 Å².